The first-order valence-electron chi connectivity index (χ1n) is 9.50. The van der Waals surface area contributed by atoms with Gasteiger partial charge in [-0.1, -0.05) is 60.7 Å². The average Bonchev–Trinajstić information content (AvgIpc) is 2.73. The Labute approximate surface area is 169 Å². The van der Waals surface area contributed by atoms with E-state index in [1.54, 1.807) is 12.2 Å². The maximum absolute atomic E-state index is 10.9. The van der Waals surface area contributed by atoms with Crippen LogP contribution in [-0.4, -0.2) is 10.2 Å². The van der Waals surface area contributed by atoms with Gasteiger partial charge in [0.1, 0.15) is 0 Å². The molecule has 0 aromatic heterocycles. The van der Waals surface area contributed by atoms with Crippen LogP contribution < -0.4 is 4.74 Å². The molecular weight excluding hydrogens is 360 g/mol. The van der Waals surface area contributed by atoms with Gasteiger partial charge in [0, 0.05) is 21.9 Å². The largest absolute Gasteiger partial charge is 0.504 e. The number of phenols is 2. The summed E-state index contributed by atoms with van der Waals surface area (Å²) < 4.78 is 6.27. The lowest BCUT2D eigenvalue weighted by atomic mass is 10.0. The van der Waals surface area contributed by atoms with Crippen LogP contribution in [0.2, 0.25) is 0 Å². The van der Waals surface area contributed by atoms with Gasteiger partial charge in [-0.25, -0.2) is 0 Å². The molecule has 4 rings (SSSR count). The normalized spacial score (nSPS) is 10.9. The monoisotopic (exact) mass is 382 g/mol. The molecule has 4 aromatic rings. The van der Waals surface area contributed by atoms with Gasteiger partial charge in [0.2, 0.25) is 0 Å². The molecule has 0 spiro atoms. The maximum atomic E-state index is 10.9. The molecule has 0 aliphatic heterocycles. The van der Waals surface area contributed by atoms with Gasteiger partial charge in [0.15, 0.2) is 23.0 Å². The van der Waals surface area contributed by atoms with E-state index in [0.29, 0.717) is 24.3 Å². The van der Waals surface area contributed by atoms with E-state index in [0.717, 1.165) is 32.7 Å². The maximum Gasteiger partial charge on any atom is 0.177 e. The van der Waals surface area contributed by atoms with Crippen LogP contribution in [-0.2, 0) is 12.8 Å². The molecule has 0 saturated carbocycles. The van der Waals surface area contributed by atoms with E-state index in [2.05, 4.69) is 13.2 Å². The fourth-order valence-electron chi connectivity index (χ4n) is 3.65. The van der Waals surface area contributed by atoms with Crippen molar-refractivity contribution in [1.29, 1.82) is 0 Å². The fourth-order valence-corrected chi connectivity index (χ4v) is 3.65. The lowest BCUT2D eigenvalue weighted by Crippen LogP contribution is -1.95. The molecule has 3 nitrogen and oxygen atoms in total. The quantitative estimate of drug-likeness (QED) is 0.367. The SMILES string of the molecule is C=CCc1cc2ccccc2c(Oc2c(O)c(CC=C)cc3ccccc23)c1O. The highest BCUT2D eigenvalue weighted by atomic mass is 16.5. The predicted molar refractivity (Wildman–Crippen MR) is 119 cm³/mol. The van der Waals surface area contributed by atoms with Crippen molar-refractivity contribution >= 4 is 21.5 Å². The average molecular weight is 382 g/mol. The fraction of sp³-hybridized carbons (Fsp3) is 0.0769. The highest BCUT2D eigenvalue weighted by molar-refractivity contribution is 5.95. The van der Waals surface area contributed by atoms with Gasteiger partial charge in [0.05, 0.1) is 0 Å². The minimum atomic E-state index is 0.0567. The van der Waals surface area contributed by atoms with Gasteiger partial charge in [-0.2, -0.15) is 0 Å². The number of benzene rings is 4. The molecule has 3 heteroatoms. The molecular formula is C26H22O3. The van der Waals surface area contributed by atoms with Crippen LogP contribution in [0, 0.1) is 0 Å². The van der Waals surface area contributed by atoms with Gasteiger partial charge in [-0.05, 0) is 35.7 Å². The number of rotatable bonds is 6. The topological polar surface area (TPSA) is 49.7 Å². The molecule has 144 valence electrons. The summed E-state index contributed by atoms with van der Waals surface area (Å²) in [6.07, 6.45) is 4.50. The third-order valence-electron chi connectivity index (χ3n) is 5.04. The molecule has 0 atom stereocenters. The van der Waals surface area contributed by atoms with Crippen molar-refractivity contribution in [3.8, 4) is 23.0 Å². The zero-order chi connectivity index (χ0) is 20.4. The molecule has 0 unspecified atom stereocenters. The Balaban J connectivity index is 1.99. The number of ether oxygens (including phenoxy) is 1. The number of aromatic hydroxyl groups is 2. The van der Waals surface area contributed by atoms with Crippen molar-refractivity contribution in [3.05, 3.63) is 97.1 Å². The van der Waals surface area contributed by atoms with Crippen molar-refractivity contribution in [2.24, 2.45) is 0 Å². The molecule has 2 N–H and O–H groups in total. The zero-order valence-corrected chi connectivity index (χ0v) is 16.1. The number of hydrogen-bond donors (Lipinski definition) is 2. The number of phenolic OH excluding ortho intramolecular Hbond substituents is 2. The first kappa shape index (κ1) is 18.6. The molecule has 0 saturated heterocycles. The Morgan fingerprint density at radius 3 is 1.52 bits per heavy atom. The molecule has 0 bridgehead atoms. The summed E-state index contributed by atoms with van der Waals surface area (Å²) in [7, 11) is 0. The van der Waals surface area contributed by atoms with E-state index in [1.807, 2.05) is 60.7 Å². The molecule has 0 amide bonds. The number of hydrogen-bond acceptors (Lipinski definition) is 3. The summed E-state index contributed by atoms with van der Waals surface area (Å²) in [6, 6.07) is 19.3. The second kappa shape index (κ2) is 7.72. The highest BCUT2D eigenvalue weighted by Gasteiger charge is 2.19. The molecule has 0 aliphatic rings. The van der Waals surface area contributed by atoms with Crippen LogP contribution in [0.25, 0.3) is 21.5 Å². The van der Waals surface area contributed by atoms with E-state index in [1.165, 1.54) is 0 Å². The second-order valence-electron chi connectivity index (χ2n) is 6.96. The van der Waals surface area contributed by atoms with E-state index in [-0.39, 0.29) is 11.5 Å². The standard InChI is InChI=1S/C26H22O3/c1-3-9-19-15-17-11-5-7-13-21(17)25(23(19)27)29-26-22-14-8-6-12-18(22)16-20(10-4-2)24(26)28/h3-8,11-16,27-28H,1-2,9-10H2. The van der Waals surface area contributed by atoms with Crippen LogP contribution >= 0.6 is 0 Å². The Kier molecular flexibility index (Phi) is 4.96. The number of fused-ring (bicyclic) bond motifs is 2. The summed E-state index contributed by atoms with van der Waals surface area (Å²) in [4.78, 5) is 0. The lowest BCUT2D eigenvalue weighted by molar-refractivity contribution is 0.388. The van der Waals surface area contributed by atoms with Gasteiger partial charge < -0.3 is 14.9 Å². The molecule has 0 heterocycles. The van der Waals surface area contributed by atoms with E-state index in [4.69, 9.17) is 4.74 Å². The second-order valence-corrected chi connectivity index (χ2v) is 6.96. The van der Waals surface area contributed by atoms with Crippen molar-refractivity contribution in [2.45, 2.75) is 12.8 Å². The summed E-state index contributed by atoms with van der Waals surface area (Å²) >= 11 is 0. The molecule has 29 heavy (non-hydrogen) atoms. The third kappa shape index (κ3) is 3.32. The highest BCUT2D eigenvalue weighted by Crippen LogP contribution is 2.46. The Morgan fingerprint density at radius 2 is 1.10 bits per heavy atom. The Hall–Kier alpha value is -3.72. The first-order valence-corrected chi connectivity index (χ1v) is 9.50. The first-order chi connectivity index (χ1) is 14.1. The van der Waals surface area contributed by atoms with Crippen molar-refractivity contribution in [3.63, 3.8) is 0 Å². The summed E-state index contributed by atoms with van der Waals surface area (Å²) in [5, 5.41) is 25.3. The molecule has 0 radical (unpaired) electrons. The van der Waals surface area contributed by atoms with E-state index in [9.17, 15) is 10.2 Å². The third-order valence-corrected chi connectivity index (χ3v) is 5.04. The zero-order valence-electron chi connectivity index (χ0n) is 16.1. The van der Waals surface area contributed by atoms with Crippen LogP contribution in [0.15, 0.2) is 86.0 Å². The van der Waals surface area contributed by atoms with Crippen LogP contribution in [0.4, 0.5) is 0 Å². The lowest BCUT2D eigenvalue weighted by Gasteiger charge is -2.18. The van der Waals surface area contributed by atoms with Gasteiger partial charge in [-0.3, -0.25) is 0 Å². The van der Waals surface area contributed by atoms with Crippen molar-refractivity contribution < 1.29 is 14.9 Å². The molecule has 0 aliphatic carbocycles. The summed E-state index contributed by atoms with van der Waals surface area (Å²) in [5.41, 5.74) is 1.44. The molecule has 4 aromatic carbocycles. The minimum absolute atomic E-state index is 0.0567. The van der Waals surface area contributed by atoms with E-state index < -0.39 is 0 Å². The van der Waals surface area contributed by atoms with Gasteiger partial charge in [-0.15, -0.1) is 13.2 Å². The predicted octanol–water partition coefficient (Wildman–Crippen LogP) is 6.65. The number of allylic oxidation sites excluding steroid dienone is 2. The Morgan fingerprint density at radius 1 is 0.690 bits per heavy atom. The van der Waals surface area contributed by atoms with Crippen LogP contribution in [0.3, 0.4) is 0 Å². The van der Waals surface area contributed by atoms with Crippen molar-refractivity contribution in [2.75, 3.05) is 0 Å². The van der Waals surface area contributed by atoms with Gasteiger partial charge in [0.25, 0.3) is 0 Å². The van der Waals surface area contributed by atoms with Crippen LogP contribution in [0.1, 0.15) is 11.1 Å². The van der Waals surface area contributed by atoms with Crippen molar-refractivity contribution in [1.82, 2.24) is 0 Å². The van der Waals surface area contributed by atoms with Gasteiger partial charge >= 0.3 is 0 Å². The van der Waals surface area contributed by atoms with E-state index >= 15 is 0 Å². The summed E-state index contributed by atoms with van der Waals surface area (Å²) in [6.45, 7) is 7.55. The summed E-state index contributed by atoms with van der Waals surface area (Å²) in [5.74, 6) is 0.773. The Bertz CT molecular complexity index is 1140. The van der Waals surface area contributed by atoms with Crippen LogP contribution in [0.5, 0.6) is 23.0 Å². The molecule has 0 fully saturated rings. The smallest absolute Gasteiger partial charge is 0.177 e. The minimum Gasteiger partial charge on any atom is -0.504 e.